The van der Waals surface area contributed by atoms with Crippen molar-refractivity contribution in [2.24, 2.45) is 5.92 Å². The molecule has 140 valence electrons. The number of hydrogen-bond acceptors (Lipinski definition) is 5. The fraction of sp³-hybridized carbons (Fsp3) is 0.273. The Labute approximate surface area is 157 Å². The second-order valence-electron chi connectivity index (χ2n) is 6.82. The molecule has 3 aromatic rings. The number of carbonyl (C=O) groups is 1. The van der Waals surface area contributed by atoms with Gasteiger partial charge in [-0.15, -0.1) is 0 Å². The first kappa shape index (κ1) is 18.7. The lowest BCUT2D eigenvalue weighted by Crippen LogP contribution is -2.20. The molecule has 5 nitrogen and oxygen atoms in total. The number of esters is 1. The van der Waals surface area contributed by atoms with E-state index in [9.17, 15) is 9.59 Å². The van der Waals surface area contributed by atoms with Gasteiger partial charge in [-0.1, -0.05) is 55.8 Å². The topological polar surface area (TPSA) is 65.7 Å². The smallest absolute Gasteiger partial charge is 0.344 e. The van der Waals surface area contributed by atoms with Gasteiger partial charge in [-0.25, -0.2) is 4.79 Å². The zero-order chi connectivity index (χ0) is 19.4. The van der Waals surface area contributed by atoms with E-state index in [-0.39, 0.29) is 23.7 Å². The van der Waals surface area contributed by atoms with Gasteiger partial charge in [0.1, 0.15) is 5.58 Å². The highest BCUT2D eigenvalue weighted by molar-refractivity contribution is 5.83. The van der Waals surface area contributed by atoms with E-state index in [0.29, 0.717) is 28.9 Å². The molecular formula is C22H22O5. The molecule has 0 atom stereocenters. The van der Waals surface area contributed by atoms with Gasteiger partial charge < -0.3 is 13.9 Å². The molecule has 0 saturated heterocycles. The van der Waals surface area contributed by atoms with Crippen molar-refractivity contribution >= 4 is 16.9 Å². The lowest BCUT2D eigenvalue weighted by Gasteiger charge is -2.12. The van der Waals surface area contributed by atoms with E-state index >= 15 is 0 Å². The second kappa shape index (κ2) is 8.08. The number of ether oxygens (including phenoxy) is 2. The van der Waals surface area contributed by atoms with E-state index in [2.05, 4.69) is 0 Å². The normalized spacial score (nSPS) is 11.0. The van der Waals surface area contributed by atoms with Gasteiger partial charge in [0.2, 0.25) is 11.2 Å². The number of carbonyl (C=O) groups excluding carboxylic acids is 1. The molecule has 1 heterocycles. The van der Waals surface area contributed by atoms with E-state index in [0.717, 1.165) is 5.56 Å². The zero-order valence-electron chi connectivity index (χ0n) is 15.7. The summed E-state index contributed by atoms with van der Waals surface area (Å²) in [5.74, 6) is 0.0170. The van der Waals surface area contributed by atoms with Crippen molar-refractivity contribution in [1.82, 2.24) is 0 Å². The maximum absolute atomic E-state index is 13.0. The molecule has 0 unspecified atom stereocenters. The first-order valence-corrected chi connectivity index (χ1v) is 8.87. The zero-order valence-corrected chi connectivity index (χ0v) is 15.7. The Morgan fingerprint density at radius 1 is 1.11 bits per heavy atom. The van der Waals surface area contributed by atoms with Crippen molar-refractivity contribution in [3.8, 4) is 17.1 Å². The third kappa shape index (κ3) is 4.37. The molecule has 0 amide bonds. The van der Waals surface area contributed by atoms with Gasteiger partial charge in [0.15, 0.2) is 12.4 Å². The number of hydrogen-bond donors (Lipinski definition) is 0. The van der Waals surface area contributed by atoms with Gasteiger partial charge in [-0.2, -0.15) is 0 Å². The number of benzene rings is 2. The fourth-order valence-electron chi connectivity index (χ4n) is 2.64. The Bertz CT molecular complexity index is 1000. The van der Waals surface area contributed by atoms with E-state index in [1.54, 1.807) is 12.1 Å². The Morgan fingerprint density at radius 3 is 2.56 bits per heavy atom. The van der Waals surface area contributed by atoms with Gasteiger partial charge in [0.05, 0.1) is 12.0 Å². The van der Waals surface area contributed by atoms with Crippen molar-refractivity contribution in [1.29, 1.82) is 0 Å². The minimum absolute atomic E-state index is 0.0146. The van der Waals surface area contributed by atoms with E-state index < -0.39 is 5.97 Å². The lowest BCUT2D eigenvalue weighted by molar-refractivity contribution is -0.147. The van der Waals surface area contributed by atoms with Gasteiger partial charge in [0, 0.05) is 5.56 Å². The Morgan fingerprint density at radius 2 is 1.85 bits per heavy atom. The molecule has 3 rings (SSSR count). The summed E-state index contributed by atoms with van der Waals surface area (Å²) in [5.41, 5.74) is 1.79. The molecule has 0 spiro atoms. The first-order valence-electron chi connectivity index (χ1n) is 8.87. The number of rotatable bonds is 6. The Hall–Kier alpha value is -3.08. The van der Waals surface area contributed by atoms with Crippen LogP contribution < -0.4 is 10.2 Å². The maximum atomic E-state index is 13.0. The summed E-state index contributed by atoms with van der Waals surface area (Å²) in [6.07, 6.45) is 0. The SMILES string of the molecule is Cc1ccc2oc(-c3ccccc3)c(OCC(=O)OCC(C)C)c(=O)c2c1. The highest BCUT2D eigenvalue weighted by Gasteiger charge is 2.19. The van der Waals surface area contributed by atoms with Crippen molar-refractivity contribution < 1.29 is 18.7 Å². The number of fused-ring (bicyclic) bond motifs is 1. The van der Waals surface area contributed by atoms with Crippen LogP contribution in [0.2, 0.25) is 0 Å². The van der Waals surface area contributed by atoms with Gasteiger partial charge >= 0.3 is 5.97 Å². The van der Waals surface area contributed by atoms with Crippen LogP contribution in [-0.2, 0) is 9.53 Å². The summed E-state index contributed by atoms with van der Waals surface area (Å²) in [5, 5.41) is 0.417. The van der Waals surface area contributed by atoms with Crippen molar-refractivity contribution in [2.75, 3.05) is 13.2 Å². The molecule has 27 heavy (non-hydrogen) atoms. The lowest BCUT2D eigenvalue weighted by atomic mass is 10.1. The second-order valence-corrected chi connectivity index (χ2v) is 6.82. The predicted molar refractivity (Wildman–Crippen MR) is 104 cm³/mol. The fourth-order valence-corrected chi connectivity index (χ4v) is 2.64. The Balaban J connectivity index is 2.01. The largest absolute Gasteiger partial charge is 0.474 e. The van der Waals surface area contributed by atoms with Crippen LogP contribution >= 0.6 is 0 Å². The molecular weight excluding hydrogens is 344 g/mol. The molecule has 5 heteroatoms. The van der Waals surface area contributed by atoms with Crippen LogP contribution in [-0.4, -0.2) is 19.2 Å². The average molecular weight is 366 g/mol. The van der Waals surface area contributed by atoms with Gasteiger partial charge in [-0.3, -0.25) is 4.79 Å². The highest BCUT2D eigenvalue weighted by atomic mass is 16.6. The molecule has 0 radical (unpaired) electrons. The molecule has 0 saturated carbocycles. The van der Waals surface area contributed by atoms with Crippen LogP contribution in [0.25, 0.3) is 22.3 Å². The van der Waals surface area contributed by atoms with E-state index in [4.69, 9.17) is 13.9 Å². The summed E-state index contributed by atoms with van der Waals surface area (Å²) in [6, 6.07) is 14.6. The summed E-state index contributed by atoms with van der Waals surface area (Å²) in [6.45, 7) is 5.74. The van der Waals surface area contributed by atoms with E-state index in [1.807, 2.05) is 57.2 Å². The minimum atomic E-state index is -0.522. The van der Waals surface area contributed by atoms with Gasteiger partial charge in [-0.05, 0) is 25.0 Å². The summed E-state index contributed by atoms with van der Waals surface area (Å²) in [4.78, 5) is 24.9. The third-order valence-corrected chi connectivity index (χ3v) is 3.95. The molecule has 0 aliphatic carbocycles. The van der Waals surface area contributed by atoms with Crippen LogP contribution in [0.3, 0.4) is 0 Å². The molecule has 0 N–H and O–H groups in total. The first-order chi connectivity index (χ1) is 13.0. The van der Waals surface area contributed by atoms with E-state index in [1.165, 1.54) is 0 Å². The maximum Gasteiger partial charge on any atom is 0.344 e. The summed E-state index contributed by atoms with van der Waals surface area (Å²) < 4.78 is 16.7. The standard InChI is InChI=1S/C22H22O5/c1-14(2)12-25-19(23)13-26-22-20(24)17-11-15(3)9-10-18(17)27-21(22)16-7-5-4-6-8-16/h4-11,14H,12-13H2,1-3H3. The van der Waals surface area contributed by atoms with Crippen LogP contribution in [0.1, 0.15) is 19.4 Å². The summed E-state index contributed by atoms with van der Waals surface area (Å²) in [7, 11) is 0. The Kier molecular flexibility index (Phi) is 5.60. The van der Waals surface area contributed by atoms with Crippen LogP contribution in [0, 0.1) is 12.8 Å². The number of aryl methyl sites for hydroxylation is 1. The average Bonchev–Trinajstić information content (AvgIpc) is 2.66. The van der Waals surface area contributed by atoms with Gasteiger partial charge in [0.25, 0.3) is 0 Å². The van der Waals surface area contributed by atoms with Crippen LogP contribution in [0.5, 0.6) is 5.75 Å². The molecule has 0 fully saturated rings. The van der Waals surface area contributed by atoms with Crippen molar-refractivity contribution in [3.63, 3.8) is 0 Å². The predicted octanol–water partition coefficient (Wildman–Crippen LogP) is 4.35. The molecule has 1 aromatic heterocycles. The van der Waals surface area contributed by atoms with Crippen LogP contribution in [0.15, 0.2) is 57.7 Å². The monoisotopic (exact) mass is 366 g/mol. The van der Waals surface area contributed by atoms with Crippen molar-refractivity contribution in [2.45, 2.75) is 20.8 Å². The molecule has 0 aliphatic rings. The quantitative estimate of drug-likeness (QED) is 0.607. The van der Waals surface area contributed by atoms with Crippen LogP contribution in [0.4, 0.5) is 0 Å². The minimum Gasteiger partial charge on any atom is -0.474 e. The molecule has 0 aliphatic heterocycles. The third-order valence-electron chi connectivity index (χ3n) is 3.95. The highest BCUT2D eigenvalue weighted by Crippen LogP contribution is 2.31. The van der Waals surface area contributed by atoms with Crippen molar-refractivity contribution in [3.05, 3.63) is 64.3 Å². The molecule has 0 bridgehead atoms. The summed E-state index contributed by atoms with van der Waals surface area (Å²) >= 11 is 0. The molecule has 2 aromatic carbocycles.